The molecule has 20 aromatic rings. The number of benzene rings is 16. The predicted octanol–water partition coefficient (Wildman–Crippen LogP) is 26.4. The highest BCUT2D eigenvalue weighted by molar-refractivity contribution is 9.10. The van der Waals surface area contributed by atoms with Gasteiger partial charge in [-0.05, 0) is 217 Å². The van der Waals surface area contributed by atoms with Crippen molar-refractivity contribution in [2.24, 2.45) is 0 Å². The van der Waals surface area contributed by atoms with Crippen LogP contribution in [0, 0.1) is 0 Å². The third-order valence-electron chi connectivity index (χ3n) is 21.8. The maximum absolute atomic E-state index is 10.3. The van der Waals surface area contributed by atoms with E-state index < -0.39 is 11.2 Å². The van der Waals surface area contributed by atoms with Crippen molar-refractivity contribution >= 4 is 116 Å². The number of aliphatic hydroxyl groups is 1. The highest BCUT2D eigenvalue weighted by atomic mass is 79.9. The lowest BCUT2D eigenvalue weighted by Gasteiger charge is -2.37. The summed E-state index contributed by atoms with van der Waals surface area (Å²) in [6.45, 7) is 7.31. The average molecular weight is 1480 g/mol. The van der Waals surface area contributed by atoms with E-state index in [1.165, 1.54) is 149 Å². The fourth-order valence-corrected chi connectivity index (χ4v) is 15.9. The summed E-state index contributed by atoms with van der Waals surface area (Å²) in [7, 11) is 1.74. The molecule has 4 aromatic heterocycles. The van der Waals surface area contributed by atoms with Crippen molar-refractivity contribution < 1.29 is 9.76 Å². The largest absolute Gasteiger partial charge is 0.427 e. The summed E-state index contributed by atoms with van der Waals surface area (Å²) in [4.78, 5) is 0. The van der Waals surface area contributed by atoms with Gasteiger partial charge >= 0.3 is 7.48 Å². The average Bonchev–Trinajstić information content (AvgIpc) is 1.61. The molecule has 0 saturated heterocycles. The van der Waals surface area contributed by atoms with Crippen LogP contribution in [0.3, 0.4) is 0 Å². The summed E-state index contributed by atoms with van der Waals surface area (Å²) in [6, 6.07) is 139. The molecular formula is C102H77BBrN4O2. The first-order valence-corrected chi connectivity index (χ1v) is 38.3. The number of hydrogen-bond donors (Lipinski definition) is 1. The van der Waals surface area contributed by atoms with Gasteiger partial charge in [0, 0.05) is 70.3 Å². The van der Waals surface area contributed by atoms with Gasteiger partial charge in [-0.25, -0.2) is 0 Å². The standard InChI is InChI=1S/C48H32N2.C30H20BrN.C24H25BNO2/c1-4-13-33(14-5-1)35-17-12-20-40(29-35)50-47-26-23-36(34-15-6-2-7-16-34)30-43(47)44-32-38(25-28-48(44)50)37-24-27-46-42(31-37)41-21-10-11-22-45(41)49(46)39-18-8-3-9-19-39;31-25-15-17-30-28(20-25)27-19-24(22-10-5-2-6-11-22)14-16-29(27)32(30)26-13-7-12-23(18-26)21-8-3-1-4-9-21;1-23(2,27)24(3,4)28-25-17-14-15-22-20(16-17)19-12-8-9-13-21(19)26(22)18-10-6-5-7-11-18/h1-32H;1-20H;5-16,27H,1-4H3. The van der Waals surface area contributed by atoms with Crippen molar-refractivity contribution in [2.75, 3.05) is 0 Å². The van der Waals surface area contributed by atoms with E-state index in [0.29, 0.717) is 0 Å². The first kappa shape index (κ1) is 69.0. The van der Waals surface area contributed by atoms with Crippen molar-refractivity contribution in [1.29, 1.82) is 0 Å². The Morgan fingerprint density at radius 1 is 0.236 bits per heavy atom. The molecule has 0 aliphatic heterocycles. The summed E-state index contributed by atoms with van der Waals surface area (Å²) in [6.07, 6.45) is 0. The molecule has 527 valence electrons. The van der Waals surface area contributed by atoms with Crippen molar-refractivity contribution in [2.45, 2.75) is 38.9 Å². The first-order valence-electron chi connectivity index (χ1n) is 37.5. The lowest BCUT2D eigenvalue weighted by molar-refractivity contribution is -0.0893. The fourth-order valence-electron chi connectivity index (χ4n) is 15.6. The molecule has 16 aromatic carbocycles. The minimum Gasteiger partial charge on any atom is -0.427 e. The van der Waals surface area contributed by atoms with Gasteiger partial charge in [-0.1, -0.05) is 276 Å². The molecule has 0 aliphatic carbocycles. The highest BCUT2D eigenvalue weighted by Gasteiger charge is 2.36. The van der Waals surface area contributed by atoms with Crippen molar-refractivity contribution in [3.63, 3.8) is 0 Å². The Hall–Kier alpha value is -12.8. The summed E-state index contributed by atoms with van der Waals surface area (Å²) >= 11 is 3.68. The Kier molecular flexibility index (Phi) is 18.2. The van der Waals surface area contributed by atoms with E-state index in [2.05, 4.69) is 416 Å². The van der Waals surface area contributed by atoms with E-state index in [9.17, 15) is 5.11 Å². The Labute approximate surface area is 649 Å². The van der Waals surface area contributed by atoms with Crippen molar-refractivity contribution in [3.8, 4) is 78.4 Å². The van der Waals surface area contributed by atoms with Crippen molar-refractivity contribution in [1.82, 2.24) is 18.3 Å². The molecule has 0 unspecified atom stereocenters. The van der Waals surface area contributed by atoms with E-state index in [-0.39, 0.29) is 0 Å². The summed E-state index contributed by atoms with van der Waals surface area (Å²) in [5, 5.41) is 20.2. The molecule has 0 bridgehead atoms. The van der Waals surface area contributed by atoms with Crippen LogP contribution >= 0.6 is 15.9 Å². The monoisotopic (exact) mass is 1480 g/mol. The Morgan fingerprint density at radius 2 is 0.500 bits per heavy atom. The third-order valence-corrected chi connectivity index (χ3v) is 22.3. The van der Waals surface area contributed by atoms with Gasteiger partial charge in [-0.2, -0.15) is 0 Å². The number of fused-ring (bicyclic) bond motifs is 12. The smallest absolute Gasteiger partial charge is 0.330 e. The fraction of sp³-hybridized carbons (Fsp3) is 0.0588. The molecule has 0 amide bonds. The Balaban J connectivity index is 0.000000123. The van der Waals surface area contributed by atoms with E-state index in [0.717, 1.165) is 26.8 Å². The topological polar surface area (TPSA) is 49.2 Å². The molecule has 1 radical (unpaired) electrons. The summed E-state index contributed by atoms with van der Waals surface area (Å²) in [5.74, 6) is 0. The quantitative estimate of drug-likeness (QED) is 0.117. The lowest BCUT2D eigenvalue weighted by atomic mass is 9.82. The van der Waals surface area contributed by atoms with E-state index >= 15 is 0 Å². The molecule has 1 N–H and O–H groups in total. The van der Waals surface area contributed by atoms with Crippen LogP contribution in [0.5, 0.6) is 0 Å². The van der Waals surface area contributed by atoms with Crippen LogP contribution in [0.2, 0.25) is 0 Å². The predicted molar refractivity (Wildman–Crippen MR) is 468 cm³/mol. The number of aromatic nitrogens is 4. The van der Waals surface area contributed by atoms with Crippen LogP contribution in [0.15, 0.2) is 393 Å². The van der Waals surface area contributed by atoms with Gasteiger partial charge in [-0.15, -0.1) is 0 Å². The van der Waals surface area contributed by atoms with Gasteiger partial charge in [0.25, 0.3) is 0 Å². The molecule has 4 heterocycles. The van der Waals surface area contributed by atoms with Crippen molar-refractivity contribution in [3.05, 3.63) is 393 Å². The summed E-state index contributed by atoms with van der Waals surface area (Å²) in [5.41, 5.74) is 25.7. The minimum absolute atomic E-state index is 0.694. The minimum atomic E-state index is -0.947. The SMILES string of the molecule is Brc1ccc2c(c1)c1cc(-c3ccccc3)ccc1n2-c1cccc(-c2ccccc2)c1.CC(C)(O)C(C)(C)O[B]c1ccc2c(c1)c1ccccc1n2-c1ccccc1.c1ccc(-c2cccc(-n3c4ccc(-c5ccccc5)cc4c4cc(-c5ccc6c(c5)c5ccccc5n6-c5ccccc5)ccc43)c2)cc1. The number of rotatable bonds is 13. The molecule has 8 heteroatoms. The molecule has 6 nitrogen and oxygen atoms in total. The zero-order chi connectivity index (χ0) is 74.5. The Morgan fingerprint density at radius 3 is 0.882 bits per heavy atom. The molecule has 0 spiro atoms. The third kappa shape index (κ3) is 13.1. The van der Waals surface area contributed by atoms with E-state index in [4.69, 9.17) is 4.65 Å². The maximum Gasteiger partial charge on any atom is 0.330 e. The zero-order valence-corrected chi connectivity index (χ0v) is 63.1. The zero-order valence-electron chi connectivity index (χ0n) is 61.6. The van der Waals surface area contributed by atoms with Crippen LogP contribution < -0.4 is 5.46 Å². The number of para-hydroxylation sites is 4. The van der Waals surface area contributed by atoms with Crippen LogP contribution in [-0.4, -0.2) is 42.1 Å². The van der Waals surface area contributed by atoms with E-state index in [1.807, 2.05) is 19.9 Å². The second-order valence-electron chi connectivity index (χ2n) is 29.3. The van der Waals surface area contributed by atoms with Gasteiger partial charge in [-0.3, -0.25) is 0 Å². The van der Waals surface area contributed by atoms with Crippen LogP contribution in [0.4, 0.5) is 0 Å². The van der Waals surface area contributed by atoms with Gasteiger partial charge in [0.15, 0.2) is 0 Å². The highest BCUT2D eigenvalue weighted by Crippen LogP contribution is 2.43. The summed E-state index contributed by atoms with van der Waals surface area (Å²) < 4.78 is 16.5. The van der Waals surface area contributed by atoms with Crippen LogP contribution in [-0.2, 0) is 4.65 Å². The number of nitrogens with zero attached hydrogens (tertiary/aromatic N) is 4. The second-order valence-corrected chi connectivity index (χ2v) is 30.2. The van der Waals surface area contributed by atoms with Crippen LogP contribution in [0.1, 0.15) is 27.7 Å². The molecule has 20 rings (SSSR count). The first-order chi connectivity index (χ1) is 53.9. The van der Waals surface area contributed by atoms with Gasteiger partial charge in [0.2, 0.25) is 0 Å². The number of hydrogen-bond acceptors (Lipinski definition) is 2. The lowest BCUT2D eigenvalue weighted by Crippen LogP contribution is -2.49. The molecule has 110 heavy (non-hydrogen) atoms. The van der Waals surface area contributed by atoms with Gasteiger partial charge < -0.3 is 28.0 Å². The molecule has 0 fully saturated rings. The molecule has 0 saturated carbocycles. The van der Waals surface area contributed by atoms with Gasteiger partial charge in [0.1, 0.15) is 0 Å². The maximum atomic E-state index is 10.3. The normalized spacial score (nSPS) is 11.8. The number of halogens is 1. The van der Waals surface area contributed by atoms with Crippen LogP contribution in [0.25, 0.3) is 166 Å². The molecular weight excluding hydrogens is 1400 g/mol. The van der Waals surface area contributed by atoms with Gasteiger partial charge in [0.05, 0.1) is 55.3 Å². The second kappa shape index (κ2) is 29.1. The Bertz CT molecular complexity index is 6780. The molecule has 0 aliphatic rings. The van der Waals surface area contributed by atoms with E-state index in [1.54, 1.807) is 21.3 Å². The molecule has 0 atom stereocenters.